The van der Waals surface area contributed by atoms with Gasteiger partial charge >= 0.3 is 0 Å². The molecule has 0 saturated heterocycles. The fourth-order valence-electron chi connectivity index (χ4n) is 3.80. The molecule has 0 aromatic heterocycles. The minimum Gasteiger partial charge on any atom is -0.490 e. The molecule has 2 fully saturated rings. The molecule has 0 bridgehead atoms. The van der Waals surface area contributed by atoms with E-state index in [1.807, 2.05) is 42.5 Å². The van der Waals surface area contributed by atoms with Crippen molar-refractivity contribution < 1.29 is 9.53 Å². The van der Waals surface area contributed by atoms with Crippen LogP contribution in [0.15, 0.2) is 54.6 Å². The van der Waals surface area contributed by atoms with Crippen molar-refractivity contribution in [1.82, 2.24) is 5.32 Å². The molecule has 0 atom stereocenters. The number of nitrogens with one attached hydrogen (secondary N) is 1. The van der Waals surface area contributed by atoms with Crippen molar-refractivity contribution in [2.75, 3.05) is 0 Å². The maximum atomic E-state index is 12.6. The van der Waals surface area contributed by atoms with Gasteiger partial charge < -0.3 is 10.1 Å². The number of carbonyl (C=O) groups is 1. The van der Waals surface area contributed by atoms with Gasteiger partial charge in [-0.05, 0) is 73.8 Å². The number of amides is 1. The Hall–Kier alpha value is -2.29. The summed E-state index contributed by atoms with van der Waals surface area (Å²) in [5.74, 6) is 0.994. The average Bonchev–Trinajstić information content (AvgIpc) is 3.43. The zero-order chi connectivity index (χ0) is 18.0. The standard InChI is InChI=1S/C23H27NO2/c1-23(14-15-23)18-7-5-6-17(16-18)22(25)24-19-10-12-21(13-11-19)26-20-8-3-2-4-9-20/h2-9,16,19,21H,10-15H2,1H3,(H,24,25). The van der Waals surface area contributed by atoms with E-state index < -0.39 is 0 Å². The van der Waals surface area contributed by atoms with Crippen LogP contribution in [0.3, 0.4) is 0 Å². The van der Waals surface area contributed by atoms with E-state index >= 15 is 0 Å². The molecule has 2 aromatic carbocycles. The van der Waals surface area contributed by atoms with Crippen LogP contribution in [-0.2, 0) is 5.41 Å². The topological polar surface area (TPSA) is 38.3 Å². The van der Waals surface area contributed by atoms with Crippen LogP contribution in [0.25, 0.3) is 0 Å². The molecule has 3 nitrogen and oxygen atoms in total. The smallest absolute Gasteiger partial charge is 0.251 e. The molecular formula is C23H27NO2. The van der Waals surface area contributed by atoms with E-state index in [1.54, 1.807) is 0 Å². The Balaban J connectivity index is 1.29. The second-order valence-electron chi connectivity index (χ2n) is 8.02. The lowest BCUT2D eigenvalue weighted by Gasteiger charge is -2.29. The molecule has 2 saturated carbocycles. The first-order chi connectivity index (χ1) is 12.6. The first-order valence-corrected chi connectivity index (χ1v) is 9.75. The second kappa shape index (κ2) is 7.14. The van der Waals surface area contributed by atoms with Crippen LogP contribution < -0.4 is 10.1 Å². The Morgan fingerprint density at radius 2 is 1.73 bits per heavy atom. The number of rotatable bonds is 5. The molecule has 0 heterocycles. The Morgan fingerprint density at radius 3 is 2.42 bits per heavy atom. The summed E-state index contributed by atoms with van der Waals surface area (Å²) in [4.78, 5) is 12.6. The third-order valence-electron chi connectivity index (χ3n) is 5.88. The van der Waals surface area contributed by atoms with Crippen molar-refractivity contribution in [3.8, 4) is 5.75 Å². The van der Waals surface area contributed by atoms with Gasteiger partial charge in [0.05, 0.1) is 6.10 Å². The zero-order valence-corrected chi connectivity index (χ0v) is 15.4. The van der Waals surface area contributed by atoms with Gasteiger partial charge in [-0.1, -0.05) is 37.3 Å². The molecule has 0 radical (unpaired) electrons. The average molecular weight is 349 g/mol. The first kappa shape index (κ1) is 17.1. The fourth-order valence-corrected chi connectivity index (χ4v) is 3.80. The summed E-state index contributed by atoms with van der Waals surface area (Å²) in [6.45, 7) is 2.28. The number of ether oxygens (including phenoxy) is 1. The van der Waals surface area contributed by atoms with Crippen LogP contribution in [0, 0.1) is 0 Å². The summed E-state index contributed by atoms with van der Waals surface area (Å²) >= 11 is 0. The van der Waals surface area contributed by atoms with Gasteiger partial charge in [-0.15, -0.1) is 0 Å². The van der Waals surface area contributed by atoms with Crippen molar-refractivity contribution in [2.24, 2.45) is 0 Å². The molecule has 26 heavy (non-hydrogen) atoms. The third-order valence-corrected chi connectivity index (χ3v) is 5.88. The Kier molecular flexibility index (Phi) is 4.71. The summed E-state index contributed by atoms with van der Waals surface area (Å²) in [7, 11) is 0. The predicted octanol–water partition coefficient (Wildman–Crippen LogP) is 4.86. The monoisotopic (exact) mass is 349 g/mol. The highest BCUT2D eigenvalue weighted by Gasteiger charge is 2.39. The maximum Gasteiger partial charge on any atom is 0.251 e. The molecule has 2 aliphatic rings. The summed E-state index contributed by atoms with van der Waals surface area (Å²) in [5, 5.41) is 3.22. The van der Waals surface area contributed by atoms with E-state index in [2.05, 4.69) is 24.4 Å². The number of benzene rings is 2. The van der Waals surface area contributed by atoms with Crippen LogP contribution in [0.5, 0.6) is 5.75 Å². The molecule has 3 heteroatoms. The van der Waals surface area contributed by atoms with E-state index in [1.165, 1.54) is 18.4 Å². The molecule has 0 unspecified atom stereocenters. The van der Waals surface area contributed by atoms with E-state index in [9.17, 15) is 4.79 Å². The lowest BCUT2D eigenvalue weighted by molar-refractivity contribution is 0.0894. The first-order valence-electron chi connectivity index (χ1n) is 9.75. The summed E-state index contributed by atoms with van der Waals surface area (Å²) < 4.78 is 6.04. The largest absolute Gasteiger partial charge is 0.490 e. The van der Waals surface area contributed by atoms with E-state index in [0.29, 0.717) is 5.41 Å². The van der Waals surface area contributed by atoms with Gasteiger partial charge in [0.25, 0.3) is 5.91 Å². The lowest BCUT2D eigenvalue weighted by Crippen LogP contribution is -2.39. The molecule has 1 N–H and O–H groups in total. The highest BCUT2D eigenvalue weighted by molar-refractivity contribution is 5.94. The number of carbonyl (C=O) groups excluding carboxylic acids is 1. The highest BCUT2D eigenvalue weighted by atomic mass is 16.5. The molecule has 2 aliphatic carbocycles. The third kappa shape index (κ3) is 3.92. The fraction of sp³-hybridized carbons (Fsp3) is 0.435. The number of hydrogen-bond acceptors (Lipinski definition) is 2. The Bertz CT molecular complexity index is 759. The second-order valence-corrected chi connectivity index (χ2v) is 8.02. The minimum atomic E-state index is 0.0588. The van der Waals surface area contributed by atoms with Gasteiger partial charge in [0.2, 0.25) is 0 Å². The van der Waals surface area contributed by atoms with Crippen molar-refractivity contribution in [1.29, 1.82) is 0 Å². The molecule has 136 valence electrons. The summed E-state index contributed by atoms with van der Waals surface area (Å²) in [5.41, 5.74) is 2.38. The van der Waals surface area contributed by atoms with Gasteiger partial charge in [-0.3, -0.25) is 4.79 Å². The maximum absolute atomic E-state index is 12.6. The van der Waals surface area contributed by atoms with Crippen LogP contribution in [0.2, 0.25) is 0 Å². The van der Waals surface area contributed by atoms with Crippen molar-refractivity contribution >= 4 is 5.91 Å². The minimum absolute atomic E-state index is 0.0588. The number of para-hydroxylation sites is 1. The number of hydrogen-bond donors (Lipinski definition) is 1. The van der Waals surface area contributed by atoms with Crippen LogP contribution >= 0.6 is 0 Å². The Morgan fingerprint density at radius 1 is 1.00 bits per heavy atom. The van der Waals surface area contributed by atoms with Crippen molar-refractivity contribution in [3.63, 3.8) is 0 Å². The van der Waals surface area contributed by atoms with E-state index in [4.69, 9.17) is 4.74 Å². The summed E-state index contributed by atoms with van der Waals surface area (Å²) in [6, 6.07) is 18.4. The van der Waals surface area contributed by atoms with Crippen molar-refractivity contribution in [3.05, 3.63) is 65.7 Å². The van der Waals surface area contributed by atoms with E-state index in [0.717, 1.165) is 37.0 Å². The SMILES string of the molecule is CC1(c2cccc(C(=O)NC3CCC(Oc4ccccc4)CC3)c2)CC1. The van der Waals surface area contributed by atoms with Crippen LogP contribution in [0.4, 0.5) is 0 Å². The molecule has 2 aromatic rings. The van der Waals surface area contributed by atoms with Gasteiger partial charge in [-0.2, -0.15) is 0 Å². The van der Waals surface area contributed by atoms with Crippen LogP contribution in [-0.4, -0.2) is 18.1 Å². The quantitative estimate of drug-likeness (QED) is 0.837. The van der Waals surface area contributed by atoms with Gasteiger partial charge in [0.15, 0.2) is 0 Å². The van der Waals surface area contributed by atoms with E-state index in [-0.39, 0.29) is 18.1 Å². The predicted molar refractivity (Wildman–Crippen MR) is 104 cm³/mol. The van der Waals surface area contributed by atoms with Crippen LogP contribution in [0.1, 0.15) is 61.4 Å². The Labute approximate surface area is 155 Å². The molecule has 4 rings (SSSR count). The van der Waals surface area contributed by atoms with Crippen molar-refractivity contribution in [2.45, 2.75) is 63.0 Å². The normalized spacial score (nSPS) is 23.9. The molecule has 1 amide bonds. The molecule has 0 spiro atoms. The summed E-state index contributed by atoms with van der Waals surface area (Å²) in [6.07, 6.45) is 6.62. The lowest BCUT2D eigenvalue weighted by atomic mass is 9.92. The van der Waals surface area contributed by atoms with Gasteiger partial charge in [0.1, 0.15) is 5.75 Å². The van der Waals surface area contributed by atoms with Gasteiger partial charge in [0, 0.05) is 11.6 Å². The molecular weight excluding hydrogens is 322 g/mol. The zero-order valence-electron chi connectivity index (χ0n) is 15.4. The van der Waals surface area contributed by atoms with Gasteiger partial charge in [-0.25, -0.2) is 0 Å². The highest BCUT2D eigenvalue weighted by Crippen LogP contribution is 2.47. The molecule has 0 aliphatic heterocycles.